The molecule has 0 atom stereocenters. The summed E-state index contributed by atoms with van der Waals surface area (Å²) in [6.07, 6.45) is 1.90. The lowest BCUT2D eigenvalue weighted by Crippen LogP contribution is -2.68. The third-order valence-corrected chi connectivity index (χ3v) is 2.85. The van der Waals surface area contributed by atoms with Gasteiger partial charge in [-0.05, 0) is 29.2 Å². The van der Waals surface area contributed by atoms with Crippen LogP contribution in [0.2, 0.25) is 0 Å². The van der Waals surface area contributed by atoms with Crippen molar-refractivity contribution in [1.82, 2.24) is 4.98 Å². The number of nitrogen functional groups attached to an aromatic ring is 1. The van der Waals surface area contributed by atoms with Gasteiger partial charge in [-0.15, -0.1) is 10.2 Å². The number of aryl methyl sites for hydroxylation is 2. The predicted molar refractivity (Wildman–Crippen MR) is 70.1 cm³/mol. The zero-order valence-corrected chi connectivity index (χ0v) is 13.7. The number of nitriles is 1. The number of nitrogens with zero attached hydrogens (tertiary/aromatic N) is 3. The van der Waals surface area contributed by atoms with Crippen LogP contribution in [0.1, 0.15) is 17.0 Å². The monoisotopic (exact) mass is 354 g/mol. The van der Waals surface area contributed by atoms with Crippen molar-refractivity contribution in [3.63, 3.8) is 0 Å². The molecule has 1 aromatic carbocycles. The Hall–Kier alpha value is -2.48. The van der Waals surface area contributed by atoms with Gasteiger partial charge in [-0.2, -0.15) is 5.26 Å². The molecule has 1 heterocycles. The fraction of sp³-hybridized carbons (Fsp3) is 0.214. The van der Waals surface area contributed by atoms with E-state index in [1.807, 2.05) is 24.7 Å². The highest BCUT2D eigenvalue weighted by Gasteiger charge is 2.12. The number of nitrogens with two attached hydrogens (primary N) is 1. The lowest BCUT2D eigenvalue weighted by Gasteiger charge is -2.17. The molecule has 2 rings (SSSR count). The van der Waals surface area contributed by atoms with E-state index in [-0.39, 0.29) is 0 Å². The van der Waals surface area contributed by atoms with E-state index in [1.165, 1.54) is 0 Å². The highest BCUT2D eigenvalue weighted by Crippen LogP contribution is 2.15. The second-order valence-electron chi connectivity index (χ2n) is 4.61. The van der Waals surface area contributed by atoms with Crippen LogP contribution in [0.4, 0.5) is 5.82 Å². The molecule has 10 heteroatoms. The first-order chi connectivity index (χ1) is 11.1. The van der Waals surface area contributed by atoms with Gasteiger partial charge in [0.05, 0.1) is 24.2 Å². The number of benzene rings is 1. The van der Waals surface area contributed by atoms with Crippen LogP contribution in [-0.2, 0) is 13.7 Å². The lowest BCUT2D eigenvalue weighted by molar-refractivity contribution is -2.00. The van der Waals surface area contributed by atoms with Gasteiger partial charge in [0.1, 0.15) is 18.6 Å². The van der Waals surface area contributed by atoms with Crippen LogP contribution in [0.25, 0.3) is 0 Å². The number of hydrogen-bond donors (Lipinski definition) is 1. The molecular formula is C14H15ClN4O5. The Labute approximate surface area is 140 Å². The molecule has 0 saturated heterocycles. The molecule has 0 radical (unpaired) electrons. The molecule has 1 aromatic heterocycles. The summed E-state index contributed by atoms with van der Waals surface area (Å²) in [4.78, 5) is 4.23. The summed E-state index contributed by atoms with van der Waals surface area (Å²) in [6.45, 7) is 2.24. The molecule has 0 spiro atoms. The maximum atomic E-state index is 8.71. The van der Waals surface area contributed by atoms with Gasteiger partial charge in [0.25, 0.3) is 5.82 Å². The highest BCUT2D eigenvalue weighted by molar-refractivity contribution is 5.37. The van der Waals surface area contributed by atoms with Crippen molar-refractivity contribution in [1.29, 1.82) is 5.26 Å². The van der Waals surface area contributed by atoms with E-state index < -0.39 is 10.2 Å². The van der Waals surface area contributed by atoms with Crippen LogP contribution in [-0.4, -0.2) is 4.98 Å². The topological polar surface area (TPSA) is 168 Å². The number of aromatic nitrogens is 2. The lowest BCUT2D eigenvalue weighted by atomic mass is 10.2. The number of rotatable bonds is 3. The SMILES string of the molecule is Cc1nc(N)c(COc2ccc(C#N)cc2)c[n+]1C.[O-][Cl+3]([O-])([O-])[O-]. The second-order valence-corrected chi connectivity index (χ2v) is 5.37. The van der Waals surface area contributed by atoms with Gasteiger partial charge >= 0.3 is 0 Å². The van der Waals surface area contributed by atoms with Crippen LogP contribution < -0.4 is 33.7 Å². The van der Waals surface area contributed by atoms with Gasteiger partial charge in [-0.25, -0.2) is 23.2 Å². The molecule has 2 N–H and O–H groups in total. The van der Waals surface area contributed by atoms with E-state index in [9.17, 15) is 0 Å². The summed E-state index contributed by atoms with van der Waals surface area (Å²) < 4.78 is 41.5. The van der Waals surface area contributed by atoms with Gasteiger partial charge < -0.3 is 10.5 Å². The highest BCUT2D eigenvalue weighted by atomic mass is 35.7. The molecule has 24 heavy (non-hydrogen) atoms. The zero-order valence-electron chi connectivity index (χ0n) is 12.9. The molecular weight excluding hydrogens is 340 g/mol. The minimum Gasteiger partial charge on any atom is -0.489 e. The van der Waals surface area contributed by atoms with E-state index in [0.29, 0.717) is 23.7 Å². The van der Waals surface area contributed by atoms with Gasteiger partial charge in [0.2, 0.25) is 5.82 Å². The van der Waals surface area contributed by atoms with Crippen molar-refractivity contribution in [3.05, 3.63) is 47.4 Å². The fourth-order valence-corrected chi connectivity index (χ4v) is 1.62. The third-order valence-electron chi connectivity index (χ3n) is 2.85. The second kappa shape index (κ2) is 8.39. The molecule has 0 bridgehead atoms. The number of ether oxygens (including phenoxy) is 1. The third kappa shape index (κ3) is 7.19. The summed E-state index contributed by atoms with van der Waals surface area (Å²) in [6, 6.07) is 9.01. The number of anilines is 1. The molecule has 0 aliphatic heterocycles. The molecule has 0 amide bonds. The number of halogens is 1. The van der Waals surface area contributed by atoms with E-state index in [2.05, 4.69) is 11.1 Å². The van der Waals surface area contributed by atoms with Crippen LogP contribution in [0, 0.1) is 28.5 Å². The normalized spacial score (nSPS) is 10.4. The van der Waals surface area contributed by atoms with Crippen molar-refractivity contribution in [2.24, 2.45) is 7.05 Å². The first kappa shape index (κ1) is 19.6. The Kier molecular flexibility index (Phi) is 6.84. The van der Waals surface area contributed by atoms with Crippen LogP contribution in [0.15, 0.2) is 30.5 Å². The quantitative estimate of drug-likeness (QED) is 0.553. The summed E-state index contributed by atoms with van der Waals surface area (Å²) in [5.74, 6) is 2.02. The Morgan fingerprint density at radius 1 is 1.25 bits per heavy atom. The van der Waals surface area contributed by atoms with Crippen molar-refractivity contribution in [2.75, 3.05) is 5.73 Å². The molecule has 128 valence electrons. The Morgan fingerprint density at radius 3 is 2.29 bits per heavy atom. The van der Waals surface area contributed by atoms with Gasteiger partial charge in [0.15, 0.2) is 0 Å². The van der Waals surface area contributed by atoms with Crippen LogP contribution in [0.5, 0.6) is 5.75 Å². The molecule has 0 saturated carbocycles. The van der Waals surface area contributed by atoms with Crippen molar-refractivity contribution in [2.45, 2.75) is 13.5 Å². The minimum absolute atomic E-state index is 0.346. The van der Waals surface area contributed by atoms with Crippen LogP contribution >= 0.6 is 0 Å². The van der Waals surface area contributed by atoms with E-state index in [4.69, 9.17) is 34.4 Å². The molecule has 9 nitrogen and oxygen atoms in total. The first-order valence-corrected chi connectivity index (χ1v) is 7.70. The van der Waals surface area contributed by atoms with Crippen molar-refractivity contribution < 1.29 is 38.2 Å². The maximum Gasteiger partial charge on any atom is 0.297 e. The first-order valence-electron chi connectivity index (χ1n) is 6.46. The summed E-state index contributed by atoms with van der Waals surface area (Å²) in [5.41, 5.74) is 7.29. The molecule has 0 fully saturated rings. The fourth-order valence-electron chi connectivity index (χ4n) is 1.62. The molecule has 0 unspecified atom stereocenters. The Bertz CT molecular complexity index is 720. The standard InChI is InChI=1S/C14H14N4O.ClHO4/c1-10-17-14(16)12(8-18(10)2)9-19-13-5-3-11(7-15)4-6-13;2-1(3,4)5/h3-6,8,16H,9H2,1-2H3;(H,2,3,4,5). The van der Waals surface area contributed by atoms with Crippen molar-refractivity contribution in [3.8, 4) is 11.8 Å². The maximum absolute atomic E-state index is 8.71. The smallest absolute Gasteiger partial charge is 0.297 e. The number of hydrogen-bond acceptors (Lipinski definition) is 8. The van der Waals surface area contributed by atoms with E-state index >= 15 is 0 Å². The average molecular weight is 355 g/mol. The molecule has 0 aliphatic rings. The zero-order chi connectivity index (χ0) is 18.3. The minimum atomic E-state index is -4.94. The summed E-state index contributed by atoms with van der Waals surface area (Å²) in [5, 5.41) is 8.71. The van der Waals surface area contributed by atoms with Gasteiger partial charge in [0, 0.05) is 6.92 Å². The van der Waals surface area contributed by atoms with Crippen LogP contribution in [0.3, 0.4) is 0 Å². The van der Waals surface area contributed by atoms with E-state index in [1.54, 1.807) is 24.3 Å². The van der Waals surface area contributed by atoms with Gasteiger partial charge in [-0.1, -0.05) is 0 Å². The Balaban J connectivity index is 0.000000505. The predicted octanol–water partition coefficient (Wildman–Crippen LogP) is -3.51. The van der Waals surface area contributed by atoms with Crippen molar-refractivity contribution >= 4 is 5.82 Å². The molecule has 0 aliphatic carbocycles. The average Bonchev–Trinajstić information content (AvgIpc) is 2.48. The summed E-state index contributed by atoms with van der Waals surface area (Å²) >= 11 is 0. The Morgan fingerprint density at radius 2 is 1.79 bits per heavy atom. The van der Waals surface area contributed by atoms with E-state index in [0.717, 1.165) is 11.4 Å². The van der Waals surface area contributed by atoms with Gasteiger partial charge in [-0.3, -0.25) is 0 Å². The molecule has 2 aromatic rings. The largest absolute Gasteiger partial charge is 0.489 e. The summed E-state index contributed by atoms with van der Waals surface area (Å²) in [7, 11) is -3.03.